The Morgan fingerprint density at radius 3 is 2.65 bits per heavy atom. The molecule has 0 saturated heterocycles. The third kappa shape index (κ3) is 5.42. The highest BCUT2D eigenvalue weighted by atomic mass is 16.2. The van der Waals surface area contributed by atoms with Crippen molar-refractivity contribution in [2.45, 2.75) is 46.6 Å². The first-order valence-electron chi connectivity index (χ1n) is 6.87. The van der Waals surface area contributed by atoms with E-state index in [1.807, 2.05) is 27.7 Å². The lowest BCUT2D eigenvalue weighted by Crippen LogP contribution is -2.36. The summed E-state index contributed by atoms with van der Waals surface area (Å²) < 4.78 is 0. The van der Waals surface area contributed by atoms with Crippen molar-refractivity contribution in [2.75, 3.05) is 6.54 Å². The molecular formula is C14H24N4O2. The molecule has 1 aromatic heterocycles. The number of nitrogens with one attached hydrogen (secondary N) is 3. The fourth-order valence-electron chi connectivity index (χ4n) is 1.61. The van der Waals surface area contributed by atoms with Crippen LogP contribution in [0.4, 0.5) is 0 Å². The van der Waals surface area contributed by atoms with Gasteiger partial charge in [0.15, 0.2) is 0 Å². The second kappa shape index (κ2) is 7.07. The van der Waals surface area contributed by atoms with E-state index in [4.69, 9.17) is 0 Å². The predicted molar refractivity (Wildman–Crippen MR) is 76.8 cm³/mol. The zero-order valence-corrected chi connectivity index (χ0v) is 12.6. The van der Waals surface area contributed by atoms with Gasteiger partial charge < -0.3 is 10.6 Å². The third-order valence-electron chi connectivity index (χ3n) is 2.94. The van der Waals surface area contributed by atoms with Crippen LogP contribution >= 0.6 is 0 Å². The fourth-order valence-corrected chi connectivity index (χ4v) is 1.61. The van der Waals surface area contributed by atoms with E-state index in [2.05, 4.69) is 20.8 Å². The lowest BCUT2D eigenvalue weighted by atomic mass is 9.96. The van der Waals surface area contributed by atoms with Crippen LogP contribution in [0, 0.1) is 5.41 Å². The molecule has 0 fully saturated rings. The van der Waals surface area contributed by atoms with E-state index in [-0.39, 0.29) is 17.9 Å². The monoisotopic (exact) mass is 280 g/mol. The van der Waals surface area contributed by atoms with Gasteiger partial charge >= 0.3 is 0 Å². The van der Waals surface area contributed by atoms with Gasteiger partial charge in [0.1, 0.15) is 0 Å². The normalized spacial score (nSPS) is 12.8. The zero-order chi connectivity index (χ0) is 15.2. The number of aromatic nitrogens is 2. The summed E-state index contributed by atoms with van der Waals surface area (Å²) in [5.74, 6) is -0.0200. The van der Waals surface area contributed by atoms with Crippen LogP contribution in [0.2, 0.25) is 0 Å². The SMILES string of the molecule is CC(NC(=O)CCCNC(=O)C(C)(C)C)c1cn[nH]c1. The predicted octanol–water partition coefficient (Wildman–Crippen LogP) is 1.53. The highest BCUT2D eigenvalue weighted by molar-refractivity contribution is 5.81. The molecule has 0 aliphatic heterocycles. The summed E-state index contributed by atoms with van der Waals surface area (Å²) >= 11 is 0. The van der Waals surface area contributed by atoms with Crippen molar-refractivity contribution in [1.82, 2.24) is 20.8 Å². The molecule has 6 nitrogen and oxygen atoms in total. The first-order valence-corrected chi connectivity index (χ1v) is 6.87. The van der Waals surface area contributed by atoms with Crippen molar-refractivity contribution in [3.8, 4) is 0 Å². The van der Waals surface area contributed by atoms with Crippen molar-refractivity contribution in [1.29, 1.82) is 0 Å². The quantitative estimate of drug-likeness (QED) is 0.691. The second-order valence-corrected chi connectivity index (χ2v) is 5.93. The van der Waals surface area contributed by atoms with Gasteiger partial charge in [-0.2, -0.15) is 5.10 Å². The van der Waals surface area contributed by atoms with Gasteiger partial charge in [0.25, 0.3) is 0 Å². The van der Waals surface area contributed by atoms with E-state index < -0.39 is 5.41 Å². The Labute approximate surface area is 119 Å². The summed E-state index contributed by atoms with van der Waals surface area (Å²) in [5.41, 5.74) is 0.553. The van der Waals surface area contributed by atoms with Crippen molar-refractivity contribution < 1.29 is 9.59 Å². The fraction of sp³-hybridized carbons (Fsp3) is 0.643. The first kappa shape index (κ1) is 16.2. The summed E-state index contributed by atoms with van der Waals surface area (Å²) in [6, 6.07) is -0.0644. The summed E-state index contributed by atoms with van der Waals surface area (Å²) in [4.78, 5) is 23.4. The minimum Gasteiger partial charge on any atom is -0.356 e. The lowest BCUT2D eigenvalue weighted by molar-refractivity contribution is -0.128. The van der Waals surface area contributed by atoms with Gasteiger partial charge in [-0.05, 0) is 13.3 Å². The molecule has 1 heterocycles. The Morgan fingerprint density at radius 2 is 2.10 bits per heavy atom. The van der Waals surface area contributed by atoms with Gasteiger partial charge in [-0.15, -0.1) is 0 Å². The molecule has 0 aliphatic rings. The van der Waals surface area contributed by atoms with E-state index >= 15 is 0 Å². The smallest absolute Gasteiger partial charge is 0.225 e. The number of hydrogen-bond acceptors (Lipinski definition) is 3. The summed E-state index contributed by atoms with van der Waals surface area (Å²) in [7, 11) is 0. The van der Waals surface area contributed by atoms with Crippen LogP contribution in [0.1, 0.15) is 52.1 Å². The number of rotatable bonds is 6. The average Bonchev–Trinajstić information content (AvgIpc) is 2.86. The van der Waals surface area contributed by atoms with Gasteiger partial charge in [-0.3, -0.25) is 14.7 Å². The van der Waals surface area contributed by atoms with Gasteiger partial charge in [-0.25, -0.2) is 0 Å². The molecule has 1 aromatic rings. The average molecular weight is 280 g/mol. The summed E-state index contributed by atoms with van der Waals surface area (Å²) in [6.07, 6.45) is 4.47. The van der Waals surface area contributed by atoms with Crippen LogP contribution in [0.5, 0.6) is 0 Å². The molecule has 0 saturated carbocycles. The topological polar surface area (TPSA) is 86.9 Å². The molecular weight excluding hydrogens is 256 g/mol. The van der Waals surface area contributed by atoms with Crippen LogP contribution in [0.25, 0.3) is 0 Å². The van der Waals surface area contributed by atoms with Crippen LogP contribution in [-0.4, -0.2) is 28.6 Å². The highest BCUT2D eigenvalue weighted by Gasteiger charge is 2.20. The van der Waals surface area contributed by atoms with E-state index in [0.29, 0.717) is 19.4 Å². The molecule has 1 unspecified atom stereocenters. The Balaban J connectivity index is 2.19. The van der Waals surface area contributed by atoms with E-state index in [0.717, 1.165) is 5.56 Å². The number of aromatic amines is 1. The van der Waals surface area contributed by atoms with E-state index in [1.165, 1.54) is 0 Å². The molecule has 3 N–H and O–H groups in total. The number of nitrogens with zero attached hydrogens (tertiary/aromatic N) is 1. The molecule has 20 heavy (non-hydrogen) atoms. The van der Waals surface area contributed by atoms with Crippen LogP contribution < -0.4 is 10.6 Å². The Morgan fingerprint density at radius 1 is 1.40 bits per heavy atom. The number of amides is 2. The Hall–Kier alpha value is -1.85. The van der Waals surface area contributed by atoms with Crippen LogP contribution in [0.3, 0.4) is 0 Å². The molecule has 0 spiro atoms. The molecule has 0 aliphatic carbocycles. The molecule has 112 valence electrons. The van der Waals surface area contributed by atoms with E-state index in [9.17, 15) is 9.59 Å². The molecule has 0 radical (unpaired) electrons. The standard InChI is InChI=1S/C14H24N4O2/c1-10(11-8-16-17-9-11)18-12(19)6-5-7-15-13(20)14(2,3)4/h8-10H,5-7H2,1-4H3,(H,15,20)(H,16,17)(H,18,19). The molecule has 1 rings (SSSR count). The van der Waals surface area contributed by atoms with Crippen molar-refractivity contribution >= 4 is 11.8 Å². The maximum atomic E-state index is 11.7. The minimum absolute atomic E-state index is 0.00433. The van der Waals surface area contributed by atoms with Gasteiger partial charge in [0.05, 0.1) is 12.2 Å². The number of hydrogen-bond donors (Lipinski definition) is 3. The summed E-state index contributed by atoms with van der Waals surface area (Å²) in [6.45, 7) is 8.01. The number of H-pyrrole nitrogens is 1. The van der Waals surface area contributed by atoms with Gasteiger partial charge in [0.2, 0.25) is 11.8 Å². The zero-order valence-electron chi connectivity index (χ0n) is 12.6. The van der Waals surface area contributed by atoms with Crippen molar-refractivity contribution in [2.24, 2.45) is 5.41 Å². The maximum absolute atomic E-state index is 11.7. The molecule has 1 atom stereocenters. The lowest BCUT2D eigenvalue weighted by Gasteiger charge is -2.17. The van der Waals surface area contributed by atoms with Crippen molar-refractivity contribution in [3.05, 3.63) is 18.0 Å². The number of carbonyl (C=O) groups excluding carboxylic acids is 2. The van der Waals surface area contributed by atoms with E-state index in [1.54, 1.807) is 12.4 Å². The minimum atomic E-state index is -0.391. The first-order chi connectivity index (χ1) is 9.30. The Kier molecular flexibility index (Phi) is 5.73. The third-order valence-corrected chi connectivity index (χ3v) is 2.94. The van der Waals surface area contributed by atoms with Crippen molar-refractivity contribution in [3.63, 3.8) is 0 Å². The van der Waals surface area contributed by atoms with Gasteiger partial charge in [0, 0.05) is 30.1 Å². The Bertz CT molecular complexity index is 435. The molecule has 6 heteroatoms. The largest absolute Gasteiger partial charge is 0.356 e. The van der Waals surface area contributed by atoms with Crippen LogP contribution in [-0.2, 0) is 9.59 Å². The van der Waals surface area contributed by atoms with Crippen LogP contribution in [0.15, 0.2) is 12.4 Å². The molecule has 0 bridgehead atoms. The molecule has 0 aromatic carbocycles. The second-order valence-electron chi connectivity index (χ2n) is 5.93. The molecule has 2 amide bonds. The summed E-state index contributed by atoms with van der Waals surface area (Å²) in [5, 5.41) is 12.3. The van der Waals surface area contributed by atoms with Gasteiger partial charge in [-0.1, -0.05) is 20.8 Å². The maximum Gasteiger partial charge on any atom is 0.225 e. The highest BCUT2D eigenvalue weighted by Crippen LogP contribution is 2.12. The number of carbonyl (C=O) groups is 2.